The van der Waals surface area contributed by atoms with Crippen LogP contribution in [0, 0.1) is 11.8 Å². The van der Waals surface area contributed by atoms with Crippen LogP contribution in [0.15, 0.2) is 84.9 Å². The number of nitrogens with one attached hydrogen (secondary N) is 4. The molecule has 0 radical (unpaired) electrons. The van der Waals surface area contributed by atoms with Gasteiger partial charge in [0.1, 0.15) is 0 Å². The van der Waals surface area contributed by atoms with Gasteiger partial charge in [0.25, 0.3) is 11.8 Å². The lowest BCUT2D eigenvalue weighted by molar-refractivity contribution is -0.133. The van der Waals surface area contributed by atoms with Crippen LogP contribution in [0.3, 0.4) is 0 Å². The number of carbonyl (C=O) groups excluding carboxylic acids is 5. The third-order valence-corrected chi connectivity index (χ3v) is 10.7. The molecule has 266 valence electrons. The van der Waals surface area contributed by atoms with Crippen LogP contribution in [0.25, 0.3) is 0 Å². The molecule has 4 fully saturated rings. The second-order valence-electron chi connectivity index (χ2n) is 14.3. The zero-order chi connectivity index (χ0) is 35.5. The first-order valence-electron chi connectivity index (χ1n) is 18.2. The Bertz CT molecular complexity index is 1680. The van der Waals surface area contributed by atoms with E-state index in [9.17, 15) is 24.0 Å². The van der Waals surface area contributed by atoms with Crippen LogP contribution < -0.4 is 21.3 Å². The van der Waals surface area contributed by atoms with Crippen molar-refractivity contribution in [2.24, 2.45) is 11.8 Å². The lowest BCUT2D eigenvalue weighted by Gasteiger charge is -2.33. The van der Waals surface area contributed by atoms with Gasteiger partial charge in [-0.05, 0) is 68.0 Å². The van der Waals surface area contributed by atoms with Crippen molar-refractivity contribution in [3.8, 4) is 0 Å². The van der Waals surface area contributed by atoms with Crippen molar-refractivity contribution in [3.63, 3.8) is 0 Å². The largest absolute Gasteiger partial charge is 0.352 e. The summed E-state index contributed by atoms with van der Waals surface area (Å²) in [7, 11) is 0. The molecule has 7 atom stereocenters. The molecule has 7 rings (SSSR count). The number of carbonyl (C=O) groups is 5. The maximum atomic E-state index is 13.8. The molecule has 3 aromatic carbocycles. The second-order valence-corrected chi connectivity index (χ2v) is 14.3. The molecule has 6 amide bonds. The van der Waals surface area contributed by atoms with Gasteiger partial charge in [-0.3, -0.25) is 19.2 Å². The van der Waals surface area contributed by atoms with Crippen molar-refractivity contribution in [3.05, 3.63) is 107 Å². The summed E-state index contributed by atoms with van der Waals surface area (Å²) >= 11 is 0. The van der Waals surface area contributed by atoms with E-state index in [4.69, 9.17) is 0 Å². The normalized spacial score (nSPS) is 26.5. The van der Waals surface area contributed by atoms with Crippen LogP contribution in [0.5, 0.6) is 0 Å². The average molecular weight is 691 g/mol. The molecule has 0 aromatic heterocycles. The summed E-state index contributed by atoms with van der Waals surface area (Å²) < 4.78 is 0. The molecule has 4 N–H and O–H groups in total. The van der Waals surface area contributed by atoms with Crippen molar-refractivity contribution in [2.75, 3.05) is 32.7 Å². The average Bonchev–Trinajstić information content (AvgIpc) is 4.06. The lowest BCUT2D eigenvalue weighted by Crippen LogP contribution is -2.51. The quantitative estimate of drug-likeness (QED) is 0.257. The van der Waals surface area contributed by atoms with Crippen molar-refractivity contribution >= 4 is 29.7 Å². The summed E-state index contributed by atoms with van der Waals surface area (Å²) in [5, 5.41) is 12.0. The number of nitrogens with zero attached hydrogens (tertiary/aromatic N) is 2. The van der Waals surface area contributed by atoms with E-state index in [0.29, 0.717) is 30.8 Å². The van der Waals surface area contributed by atoms with Gasteiger partial charge >= 0.3 is 6.03 Å². The molecule has 0 spiro atoms. The third kappa shape index (κ3) is 7.92. The van der Waals surface area contributed by atoms with Crippen molar-refractivity contribution in [2.45, 2.75) is 62.6 Å². The van der Waals surface area contributed by atoms with Crippen molar-refractivity contribution < 1.29 is 24.0 Å². The zero-order valence-electron chi connectivity index (χ0n) is 28.9. The third-order valence-electron chi connectivity index (χ3n) is 10.7. The van der Waals surface area contributed by atoms with Crippen molar-refractivity contribution in [1.29, 1.82) is 0 Å². The fourth-order valence-corrected chi connectivity index (χ4v) is 7.72. The van der Waals surface area contributed by atoms with Crippen LogP contribution in [0.1, 0.15) is 76.3 Å². The van der Waals surface area contributed by atoms with Gasteiger partial charge in [-0.2, -0.15) is 0 Å². The molecule has 2 heterocycles. The molecule has 2 saturated carbocycles. The molecule has 51 heavy (non-hydrogen) atoms. The number of rotatable bonds is 10. The summed E-state index contributed by atoms with van der Waals surface area (Å²) in [6.45, 7) is 3.64. The van der Waals surface area contributed by atoms with Gasteiger partial charge in [0.15, 0.2) is 0 Å². The van der Waals surface area contributed by atoms with E-state index in [2.05, 4.69) is 45.5 Å². The molecule has 2 aliphatic heterocycles. The zero-order valence-corrected chi connectivity index (χ0v) is 28.9. The minimum absolute atomic E-state index is 0.00352. The molecule has 2 aliphatic carbocycles. The molecule has 3 aromatic rings. The lowest BCUT2D eigenvalue weighted by atomic mass is 9.94. The van der Waals surface area contributed by atoms with Gasteiger partial charge in [-0.25, -0.2) is 4.79 Å². The number of amides is 6. The first-order valence-corrected chi connectivity index (χ1v) is 18.2. The summed E-state index contributed by atoms with van der Waals surface area (Å²) in [5.74, 6) is -1.72. The van der Waals surface area contributed by atoms with E-state index in [1.54, 1.807) is 34.1 Å². The SMILES string of the molecule is CCNC(=O)N[C@@H]1CCCN(C(=O)c2ccc(C(=O)N3C[C@@H](C(=O)N[C@H]4C[C@@H]4c4ccccc4)[C@H](C(=O)N[C@H]4C[C@@H]4c4ccccc4)C3)cc2)C1. The van der Waals surface area contributed by atoms with Gasteiger partial charge in [0, 0.05) is 73.8 Å². The maximum absolute atomic E-state index is 13.8. The number of urea groups is 1. The minimum atomic E-state index is -0.680. The number of hydrogen-bond acceptors (Lipinski definition) is 5. The van der Waals surface area contributed by atoms with E-state index >= 15 is 0 Å². The van der Waals surface area contributed by atoms with E-state index in [1.165, 1.54) is 11.1 Å². The molecule has 11 nitrogen and oxygen atoms in total. The summed E-state index contributed by atoms with van der Waals surface area (Å²) in [4.78, 5) is 70.1. The Morgan fingerprint density at radius 2 is 1.12 bits per heavy atom. The minimum Gasteiger partial charge on any atom is -0.352 e. The van der Waals surface area contributed by atoms with Gasteiger partial charge in [-0.15, -0.1) is 0 Å². The highest BCUT2D eigenvalue weighted by Crippen LogP contribution is 2.42. The Balaban J connectivity index is 1.00. The number of likely N-dealkylation sites (tertiary alicyclic amines) is 2. The van der Waals surface area contributed by atoms with Crippen LogP contribution in [0.4, 0.5) is 4.79 Å². The van der Waals surface area contributed by atoms with E-state index < -0.39 is 11.8 Å². The van der Waals surface area contributed by atoms with Gasteiger partial charge < -0.3 is 31.1 Å². The Kier molecular flexibility index (Phi) is 10.1. The van der Waals surface area contributed by atoms with Crippen LogP contribution >= 0.6 is 0 Å². The highest BCUT2D eigenvalue weighted by Gasteiger charge is 2.49. The first kappa shape index (κ1) is 34.3. The highest BCUT2D eigenvalue weighted by atomic mass is 16.2. The van der Waals surface area contributed by atoms with Gasteiger partial charge in [0.2, 0.25) is 11.8 Å². The fraction of sp³-hybridized carbons (Fsp3) is 0.425. The molecule has 0 bridgehead atoms. The Hall–Kier alpha value is -5.19. The predicted molar refractivity (Wildman–Crippen MR) is 192 cm³/mol. The van der Waals surface area contributed by atoms with Crippen LogP contribution in [0.2, 0.25) is 0 Å². The first-order chi connectivity index (χ1) is 24.8. The molecular weight excluding hydrogens is 644 g/mol. The summed E-state index contributed by atoms with van der Waals surface area (Å²) in [6.07, 6.45) is 3.26. The number of hydrogen-bond donors (Lipinski definition) is 4. The van der Waals surface area contributed by atoms with Gasteiger partial charge in [-0.1, -0.05) is 60.7 Å². The molecular formula is C40H46N6O5. The Labute approximate surface area is 298 Å². The molecule has 0 unspecified atom stereocenters. The van der Waals surface area contributed by atoms with Crippen LogP contribution in [-0.4, -0.2) is 90.3 Å². The summed E-state index contributed by atoms with van der Waals surface area (Å²) in [5.41, 5.74) is 3.20. The number of piperidine rings is 1. The topological polar surface area (TPSA) is 140 Å². The maximum Gasteiger partial charge on any atom is 0.315 e. The Morgan fingerprint density at radius 3 is 1.61 bits per heavy atom. The van der Waals surface area contributed by atoms with E-state index in [1.807, 2.05) is 43.3 Å². The molecule has 2 saturated heterocycles. The highest BCUT2D eigenvalue weighted by molar-refractivity contribution is 5.99. The predicted octanol–water partition coefficient (Wildman–Crippen LogP) is 3.64. The molecule has 4 aliphatic rings. The fourth-order valence-electron chi connectivity index (χ4n) is 7.72. The summed E-state index contributed by atoms with van der Waals surface area (Å²) in [6, 6.07) is 26.4. The van der Waals surface area contributed by atoms with Gasteiger partial charge in [0.05, 0.1) is 11.8 Å². The van der Waals surface area contributed by atoms with Crippen molar-refractivity contribution in [1.82, 2.24) is 31.1 Å². The second kappa shape index (κ2) is 15.0. The standard InChI is InChI=1S/C40H46N6O5/c1-2-41-40(51)42-29-14-9-19-45(22-29)38(49)27-15-17-28(18-16-27)39(50)46-23-32(36(47)43-34-20-30(34)25-10-5-3-6-11-25)33(24-46)37(48)44-35-21-31(35)26-12-7-4-8-13-26/h3-8,10-13,15-18,29-35H,2,9,14,19-24H2,1H3,(H,43,47)(H,44,48)(H2,41,42,51)/t29-,30-,31-,32-,33-,34+,35+/m1/s1. The van der Waals surface area contributed by atoms with E-state index in [-0.39, 0.29) is 72.7 Å². The van der Waals surface area contributed by atoms with Crippen LogP contribution in [-0.2, 0) is 9.59 Å². The smallest absolute Gasteiger partial charge is 0.315 e. The monoisotopic (exact) mass is 690 g/mol. The van der Waals surface area contributed by atoms with E-state index in [0.717, 1.165) is 25.7 Å². The molecule has 11 heteroatoms. The number of benzene rings is 3. The Morgan fingerprint density at radius 1 is 0.627 bits per heavy atom.